The van der Waals surface area contributed by atoms with Crippen LogP contribution in [0.5, 0.6) is 0 Å². The van der Waals surface area contributed by atoms with Crippen LogP contribution >= 0.6 is 11.6 Å². The first-order valence-corrected chi connectivity index (χ1v) is 8.32. The van der Waals surface area contributed by atoms with E-state index in [0.717, 1.165) is 0 Å². The van der Waals surface area contributed by atoms with E-state index in [2.05, 4.69) is 5.32 Å². The summed E-state index contributed by atoms with van der Waals surface area (Å²) in [6.07, 6.45) is 0.774. The molecule has 2 N–H and O–H groups in total. The first-order valence-electron chi connectivity index (χ1n) is 6.22. The summed E-state index contributed by atoms with van der Waals surface area (Å²) >= 11 is 5.67. The summed E-state index contributed by atoms with van der Waals surface area (Å²) in [7, 11) is -1.20. The number of ether oxygens (including phenoxy) is 1. The molecule has 0 saturated carbocycles. The van der Waals surface area contributed by atoms with Crippen LogP contribution in [0.2, 0.25) is 5.02 Å². The maximum atomic E-state index is 13.6. The molecule has 2 rings (SSSR count). The Kier molecular flexibility index (Phi) is 5.14. The zero-order valence-corrected chi connectivity index (χ0v) is 12.6. The minimum Gasteiger partial charge on any atom is -0.384 e. The molecule has 3 unspecified atom stereocenters. The number of β-amino-alcohol motifs (C(OH)–C–C–N with tert-alkyl or cyclic N) is 1. The van der Waals surface area contributed by atoms with Crippen molar-refractivity contribution in [3.05, 3.63) is 34.6 Å². The van der Waals surface area contributed by atoms with Crippen LogP contribution in [0, 0.1) is 5.82 Å². The molecular weight excluding hydrogens is 305 g/mol. The van der Waals surface area contributed by atoms with Crippen molar-refractivity contribution in [1.29, 1.82) is 0 Å². The first-order chi connectivity index (χ1) is 9.42. The summed E-state index contributed by atoms with van der Waals surface area (Å²) in [5, 5.41) is 13.8. The zero-order chi connectivity index (χ0) is 14.8. The molecule has 1 fully saturated rings. The molecule has 1 aromatic carbocycles. The average molecular weight is 322 g/mol. The van der Waals surface area contributed by atoms with Gasteiger partial charge in [-0.25, -0.2) is 4.39 Å². The minimum atomic E-state index is -1.35. The second-order valence-electron chi connectivity index (χ2n) is 4.92. The molecule has 0 spiro atoms. The molecule has 0 aliphatic carbocycles. The van der Waals surface area contributed by atoms with Crippen LogP contribution in [0.4, 0.5) is 4.39 Å². The van der Waals surface area contributed by atoms with E-state index < -0.39 is 28.3 Å². The Hall–Kier alpha value is -0.530. The first kappa shape index (κ1) is 15.9. The summed E-state index contributed by atoms with van der Waals surface area (Å²) in [6.45, 7) is 1.19. The summed E-state index contributed by atoms with van der Waals surface area (Å²) in [6, 6.07) is 4.30. The lowest BCUT2D eigenvalue weighted by atomic mass is 9.92. The highest BCUT2D eigenvalue weighted by Gasteiger charge is 2.41. The van der Waals surface area contributed by atoms with E-state index in [9.17, 15) is 13.7 Å². The van der Waals surface area contributed by atoms with E-state index in [1.165, 1.54) is 18.4 Å². The summed E-state index contributed by atoms with van der Waals surface area (Å²) < 4.78 is 30.7. The predicted octanol–water partition coefficient (Wildman–Crippen LogP) is 1.25. The van der Waals surface area contributed by atoms with Crippen LogP contribution in [0.15, 0.2) is 18.2 Å². The van der Waals surface area contributed by atoms with Crippen LogP contribution in [0.1, 0.15) is 11.7 Å². The number of halogens is 2. The Morgan fingerprint density at radius 3 is 3.05 bits per heavy atom. The maximum absolute atomic E-state index is 13.6. The highest BCUT2D eigenvalue weighted by molar-refractivity contribution is 7.84. The van der Waals surface area contributed by atoms with Gasteiger partial charge < -0.3 is 15.2 Å². The lowest BCUT2D eigenvalue weighted by Gasteiger charge is -2.33. The molecule has 7 heteroatoms. The molecule has 1 heterocycles. The molecule has 0 amide bonds. The van der Waals surface area contributed by atoms with Gasteiger partial charge >= 0.3 is 0 Å². The molecule has 1 saturated heterocycles. The highest BCUT2D eigenvalue weighted by Crippen LogP contribution is 2.33. The Labute approximate surface area is 124 Å². The maximum Gasteiger partial charge on any atom is 0.142 e. The van der Waals surface area contributed by atoms with Crippen molar-refractivity contribution < 1.29 is 18.4 Å². The van der Waals surface area contributed by atoms with Gasteiger partial charge in [-0.3, -0.25) is 4.21 Å². The third-order valence-electron chi connectivity index (χ3n) is 3.18. The molecule has 0 bridgehead atoms. The van der Waals surface area contributed by atoms with Crippen molar-refractivity contribution in [2.24, 2.45) is 0 Å². The smallest absolute Gasteiger partial charge is 0.142 e. The van der Waals surface area contributed by atoms with Crippen molar-refractivity contribution in [3.63, 3.8) is 0 Å². The fraction of sp³-hybridized carbons (Fsp3) is 0.538. The Bertz CT molecular complexity index is 516. The van der Waals surface area contributed by atoms with E-state index in [-0.39, 0.29) is 17.3 Å². The summed E-state index contributed by atoms with van der Waals surface area (Å²) in [5.41, 5.74) is -0.861. The monoisotopic (exact) mass is 321 g/mol. The van der Waals surface area contributed by atoms with Crippen molar-refractivity contribution in [1.82, 2.24) is 5.32 Å². The largest absolute Gasteiger partial charge is 0.384 e. The van der Waals surface area contributed by atoms with Gasteiger partial charge in [0.25, 0.3) is 0 Å². The van der Waals surface area contributed by atoms with Gasteiger partial charge in [0.05, 0.1) is 17.4 Å². The lowest BCUT2D eigenvalue weighted by Crippen LogP contribution is -2.48. The molecule has 3 atom stereocenters. The number of hydrogen-bond acceptors (Lipinski definition) is 4. The summed E-state index contributed by atoms with van der Waals surface area (Å²) in [5.74, 6) is -0.514. The lowest BCUT2D eigenvalue weighted by molar-refractivity contribution is -0.0809. The van der Waals surface area contributed by atoms with Crippen LogP contribution in [0.3, 0.4) is 0 Å². The zero-order valence-electron chi connectivity index (χ0n) is 11.1. The highest BCUT2D eigenvalue weighted by atomic mass is 35.5. The second-order valence-corrected chi connectivity index (χ2v) is 6.76. The molecule has 1 aromatic rings. The quantitative estimate of drug-likeness (QED) is 0.880. The van der Waals surface area contributed by atoms with Crippen molar-refractivity contribution >= 4 is 22.4 Å². The molecule has 0 aromatic heterocycles. The van der Waals surface area contributed by atoms with Gasteiger partial charge in [-0.2, -0.15) is 0 Å². The average Bonchev–Trinajstić information content (AvgIpc) is 2.54. The standard InChI is InChI=1S/C13H17ClFNO3S/c1-20(18)8-13(17)7-16-4-5-19-12(13)9-2-3-10(14)11(15)6-9/h2-3,6,12,16-17H,4-5,7-8H2,1H3. The van der Waals surface area contributed by atoms with Crippen molar-refractivity contribution in [2.45, 2.75) is 11.7 Å². The van der Waals surface area contributed by atoms with Gasteiger partial charge in [-0.05, 0) is 17.7 Å². The third-order valence-corrected chi connectivity index (χ3v) is 4.40. The van der Waals surface area contributed by atoms with Gasteiger partial charge in [0.15, 0.2) is 0 Å². The van der Waals surface area contributed by atoms with Gasteiger partial charge in [0.2, 0.25) is 0 Å². The molecule has 112 valence electrons. The number of benzene rings is 1. The van der Waals surface area contributed by atoms with Crippen LogP contribution in [0.25, 0.3) is 0 Å². The van der Waals surface area contributed by atoms with Crippen molar-refractivity contribution in [3.8, 4) is 0 Å². The van der Waals surface area contributed by atoms with Gasteiger partial charge in [0.1, 0.15) is 17.5 Å². The molecule has 1 aliphatic rings. The van der Waals surface area contributed by atoms with Crippen LogP contribution in [-0.4, -0.2) is 46.6 Å². The molecule has 20 heavy (non-hydrogen) atoms. The Morgan fingerprint density at radius 1 is 1.65 bits per heavy atom. The SMILES string of the molecule is CS(=O)CC1(O)CNCCOC1c1ccc(Cl)c(F)c1. The number of rotatable bonds is 3. The van der Waals surface area contributed by atoms with E-state index >= 15 is 0 Å². The van der Waals surface area contributed by atoms with E-state index in [1.54, 1.807) is 6.07 Å². The van der Waals surface area contributed by atoms with E-state index in [4.69, 9.17) is 16.3 Å². The van der Waals surface area contributed by atoms with Crippen LogP contribution in [-0.2, 0) is 15.5 Å². The Morgan fingerprint density at radius 2 is 2.40 bits per heavy atom. The molecule has 4 nitrogen and oxygen atoms in total. The minimum absolute atomic E-state index is 0.0168. The van der Waals surface area contributed by atoms with E-state index in [0.29, 0.717) is 18.7 Å². The van der Waals surface area contributed by atoms with Gasteiger partial charge in [-0.1, -0.05) is 17.7 Å². The molecular formula is C13H17ClFNO3S. The Balaban J connectivity index is 2.36. The topological polar surface area (TPSA) is 58.6 Å². The third kappa shape index (κ3) is 3.56. The summed E-state index contributed by atoms with van der Waals surface area (Å²) in [4.78, 5) is 0. The second kappa shape index (κ2) is 6.49. The predicted molar refractivity (Wildman–Crippen MR) is 76.9 cm³/mol. The number of nitrogens with one attached hydrogen (secondary N) is 1. The molecule has 0 radical (unpaired) electrons. The number of aliphatic hydroxyl groups is 1. The fourth-order valence-electron chi connectivity index (χ4n) is 2.36. The number of hydrogen-bond donors (Lipinski definition) is 2. The van der Waals surface area contributed by atoms with Gasteiger partial charge in [-0.15, -0.1) is 0 Å². The van der Waals surface area contributed by atoms with Gasteiger partial charge in [0, 0.05) is 30.1 Å². The van der Waals surface area contributed by atoms with Crippen LogP contribution < -0.4 is 5.32 Å². The normalized spacial score (nSPS) is 28.9. The van der Waals surface area contributed by atoms with E-state index in [1.807, 2.05) is 0 Å². The fourth-order valence-corrected chi connectivity index (χ4v) is 3.44. The van der Waals surface area contributed by atoms with Crippen molar-refractivity contribution in [2.75, 3.05) is 31.7 Å². The molecule has 1 aliphatic heterocycles.